The van der Waals surface area contributed by atoms with Crippen LogP contribution in [0.4, 0.5) is 0 Å². The minimum atomic E-state index is 0.360. The van der Waals surface area contributed by atoms with E-state index in [1.54, 1.807) is 0 Å². The van der Waals surface area contributed by atoms with Crippen molar-refractivity contribution in [3.63, 3.8) is 0 Å². The van der Waals surface area contributed by atoms with E-state index in [2.05, 4.69) is 34.7 Å². The lowest BCUT2D eigenvalue weighted by molar-refractivity contribution is 0.505. The third kappa shape index (κ3) is 2.98. The summed E-state index contributed by atoms with van der Waals surface area (Å²) < 4.78 is 3.79. The number of aryl methyl sites for hydroxylation is 3. The molecule has 0 radical (unpaired) electrons. The molecule has 0 fully saturated rings. The van der Waals surface area contributed by atoms with Crippen LogP contribution in [-0.2, 0) is 20.5 Å². The Hall–Kier alpha value is -1.62. The first kappa shape index (κ1) is 12.8. The molecule has 2 aromatic rings. The summed E-state index contributed by atoms with van der Waals surface area (Å²) in [7, 11) is 3.94. The van der Waals surface area contributed by atoms with Gasteiger partial charge in [0.25, 0.3) is 0 Å². The second-order valence-corrected chi connectivity index (χ2v) is 4.54. The maximum atomic E-state index is 4.24. The fraction of sp³-hybridized carbons (Fsp3) is 0.538. The summed E-state index contributed by atoms with van der Waals surface area (Å²) in [6, 6.07) is 2.44. The Morgan fingerprint density at radius 1 is 1.33 bits per heavy atom. The van der Waals surface area contributed by atoms with Gasteiger partial charge in [-0.15, -0.1) is 0 Å². The molecule has 0 saturated carbocycles. The van der Waals surface area contributed by atoms with Gasteiger partial charge < -0.3 is 5.32 Å². The molecule has 1 N–H and O–H groups in total. The quantitative estimate of drug-likeness (QED) is 0.840. The topological polar surface area (TPSA) is 47.7 Å². The van der Waals surface area contributed by atoms with Gasteiger partial charge in [-0.2, -0.15) is 10.2 Å². The number of hydrogen-bond acceptors (Lipinski definition) is 3. The number of rotatable bonds is 6. The van der Waals surface area contributed by atoms with Crippen molar-refractivity contribution in [3.8, 4) is 0 Å². The summed E-state index contributed by atoms with van der Waals surface area (Å²) in [6.45, 7) is 3.10. The van der Waals surface area contributed by atoms with E-state index in [0.717, 1.165) is 19.4 Å². The largest absolute Gasteiger partial charge is 0.310 e. The monoisotopic (exact) mass is 247 g/mol. The zero-order chi connectivity index (χ0) is 13.0. The van der Waals surface area contributed by atoms with Crippen LogP contribution in [0, 0.1) is 0 Å². The molecule has 1 atom stereocenters. The van der Waals surface area contributed by atoms with Crippen LogP contribution in [0.1, 0.15) is 30.6 Å². The number of nitrogens with zero attached hydrogens (tertiary/aromatic N) is 4. The fourth-order valence-corrected chi connectivity index (χ4v) is 2.19. The van der Waals surface area contributed by atoms with Crippen LogP contribution >= 0.6 is 0 Å². The Morgan fingerprint density at radius 3 is 2.72 bits per heavy atom. The van der Waals surface area contributed by atoms with Crippen LogP contribution < -0.4 is 5.32 Å². The molecule has 5 nitrogen and oxygen atoms in total. The third-order valence-corrected chi connectivity index (χ3v) is 3.19. The molecule has 0 aromatic carbocycles. The zero-order valence-corrected chi connectivity index (χ0v) is 11.3. The average molecular weight is 247 g/mol. The van der Waals surface area contributed by atoms with Crippen molar-refractivity contribution in [2.75, 3.05) is 6.54 Å². The minimum absolute atomic E-state index is 0.360. The summed E-state index contributed by atoms with van der Waals surface area (Å²) in [5, 5.41) is 11.9. The predicted octanol–water partition coefficient (Wildman–Crippen LogP) is 1.44. The molecule has 0 amide bonds. The lowest BCUT2D eigenvalue weighted by atomic mass is 10.0. The van der Waals surface area contributed by atoms with Crippen molar-refractivity contribution in [1.29, 1.82) is 0 Å². The molecule has 0 aliphatic carbocycles. The molecule has 18 heavy (non-hydrogen) atoms. The first-order valence-corrected chi connectivity index (χ1v) is 6.39. The molecule has 2 heterocycles. The molecule has 2 aromatic heterocycles. The Bertz CT molecular complexity index is 485. The number of aromatic nitrogens is 4. The van der Waals surface area contributed by atoms with Gasteiger partial charge in [-0.1, -0.05) is 6.92 Å². The van der Waals surface area contributed by atoms with Crippen LogP contribution in [0.15, 0.2) is 24.7 Å². The Morgan fingerprint density at radius 2 is 2.17 bits per heavy atom. The maximum absolute atomic E-state index is 4.24. The molecule has 0 bridgehead atoms. The third-order valence-electron chi connectivity index (χ3n) is 3.19. The van der Waals surface area contributed by atoms with E-state index >= 15 is 0 Å². The summed E-state index contributed by atoms with van der Waals surface area (Å²) in [5.74, 6) is 0. The summed E-state index contributed by atoms with van der Waals surface area (Å²) >= 11 is 0. The van der Waals surface area contributed by atoms with Gasteiger partial charge in [0.2, 0.25) is 0 Å². The molecular weight excluding hydrogens is 226 g/mol. The van der Waals surface area contributed by atoms with Gasteiger partial charge in [-0.05, 0) is 25.5 Å². The van der Waals surface area contributed by atoms with Gasteiger partial charge in [0.15, 0.2) is 0 Å². The minimum Gasteiger partial charge on any atom is -0.310 e. The average Bonchev–Trinajstić information content (AvgIpc) is 2.94. The normalized spacial score (nSPS) is 12.8. The highest BCUT2D eigenvalue weighted by molar-refractivity contribution is 5.11. The first-order valence-electron chi connectivity index (χ1n) is 6.39. The van der Waals surface area contributed by atoms with Crippen LogP contribution in [-0.4, -0.2) is 26.1 Å². The van der Waals surface area contributed by atoms with E-state index in [-0.39, 0.29) is 0 Å². The zero-order valence-electron chi connectivity index (χ0n) is 11.3. The van der Waals surface area contributed by atoms with Crippen molar-refractivity contribution in [2.45, 2.75) is 25.8 Å². The van der Waals surface area contributed by atoms with E-state index in [4.69, 9.17) is 0 Å². The maximum Gasteiger partial charge on any atom is 0.0537 e. The van der Waals surface area contributed by atoms with Gasteiger partial charge in [0, 0.05) is 43.8 Å². The van der Waals surface area contributed by atoms with Crippen molar-refractivity contribution >= 4 is 0 Å². The molecule has 0 saturated heterocycles. The van der Waals surface area contributed by atoms with Crippen LogP contribution in [0.25, 0.3) is 0 Å². The number of nitrogens with one attached hydrogen (secondary N) is 1. The standard InChI is InChI=1S/C13H21N5/c1-4-14-13(11-9-16-17(2)10-11)6-5-12-7-8-15-18(12)3/h7-10,13-14H,4-6H2,1-3H3. The van der Waals surface area contributed by atoms with Crippen LogP contribution in [0.5, 0.6) is 0 Å². The predicted molar refractivity (Wildman–Crippen MR) is 71.2 cm³/mol. The van der Waals surface area contributed by atoms with Gasteiger partial charge in [-0.25, -0.2) is 0 Å². The SMILES string of the molecule is CCNC(CCc1ccnn1C)c1cnn(C)c1. The van der Waals surface area contributed by atoms with Gasteiger partial charge in [0.1, 0.15) is 0 Å². The van der Waals surface area contributed by atoms with Crippen molar-refractivity contribution < 1.29 is 0 Å². The lowest BCUT2D eigenvalue weighted by Crippen LogP contribution is -2.21. The van der Waals surface area contributed by atoms with E-state index < -0.39 is 0 Å². The van der Waals surface area contributed by atoms with Crippen molar-refractivity contribution in [3.05, 3.63) is 35.9 Å². The van der Waals surface area contributed by atoms with Gasteiger partial charge in [0.05, 0.1) is 6.20 Å². The second kappa shape index (κ2) is 5.82. The van der Waals surface area contributed by atoms with E-state index in [0.29, 0.717) is 6.04 Å². The van der Waals surface area contributed by atoms with E-state index in [1.807, 2.05) is 35.9 Å². The lowest BCUT2D eigenvalue weighted by Gasteiger charge is -2.16. The Labute approximate surface area is 108 Å². The van der Waals surface area contributed by atoms with Gasteiger partial charge >= 0.3 is 0 Å². The van der Waals surface area contributed by atoms with Crippen LogP contribution in [0.3, 0.4) is 0 Å². The Kier molecular flexibility index (Phi) is 4.15. The highest BCUT2D eigenvalue weighted by atomic mass is 15.3. The smallest absolute Gasteiger partial charge is 0.0537 e. The molecule has 98 valence electrons. The van der Waals surface area contributed by atoms with Crippen molar-refractivity contribution in [1.82, 2.24) is 24.9 Å². The highest BCUT2D eigenvalue weighted by Gasteiger charge is 2.12. The summed E-state index contributed by atoms with van der Waals surface area (Å²) in [4.78, 5) is 0. The molecule has 5 heteroatoms. The van der Waals surface area contributed by atoms with E-state index in [1.165, 1.54) is 11.3 Å². The summed E-state index contributed by atoms with van der Waals surface area (Å²) in [6.07, 6.45) is 7.94. The van der Waals surface area contributed by atoms with Crippen molar-refractivity contribution in [2.24, 2.45) is 14.1 Å². The molecule has 0 aliphatic heterocycles. The summed E-state index contributed by atoms with van der Waals surface area (Å²) in [5.41, 5.74) is 2.52. The van der Waals surface area contributed by atoms with Gasteiger partial charge in [-0.3, -0.25) is 9.36 Å². The molecule has 0 aliphatic rings. The fourth-order valence-electron chi connectivity index (χ4n) is 2.19. The molecule has 1 unspecified atom stereocenters. The highest BCUT2D eigenvalue weighted by Crippen LogP contribution is 2.18. The molecule has 2 rings (SSSR count). The molecule has 0 spiro atoms. The number of hydrogen-bond donors (Lipinski definition) is 1. The molecular formula is C13H21N5. The first-order chi connectivity index (χ1) is 8.70. The second-order valence-electron chi connectivity index (χ2n) is 4.54. The van der Waals surface area contributed by atoms with Crippen LogP contribution in [0.2, 0.25) is 0 Å². The van der Waals surface area contributed by atoms with E-state index in [9.17, 15) is 0 Å². The Balaban J connectivity index is 2.01.